The van der Waals surface area contributed by atoms with E-state index in [9.17, 15) is 9.59 Å². The molecule has 1 aromatic carbocycles. The first kappa shape index (κ1) is 19.6. The predicted octanol–water partition coefficient (Wildman–Crippen LogP) is 3.68. The van der Waals surface area contributed by atoms with Crippen LogP contribution in [0.25, 0.3) is 0 Å². The summed E-state index contributed by atoms with van der Waals surface area (Å²) in [7, 11) is 0. The second kappa shape index (κ2) is 11.3. The Bertz CT molecular complexity index is 489. The van der Waals surface area contributed by atoms with Crippen molar-refractivity contribution in [3.63, 3.8) is 0 Å². The van der Waals surface area contributed by atoms with Crippen molar-refractivity contribution < 1.29 is 19.1 Å². The molecule has 120 valence electrons. The van der Waals surface area contributed by atoms with Crippen LogP contribution < -0.4 is 0 Å². The predicted molar refractivity (Wildman–Crippen MR) is 87.0 cm³/mol. The molecule has 4 nitrogen and oxygen atoms in total. The number of benzene rings is 1. The van der Waals surface area contributed by atoms with Gasteiger partial charge in [0.05, 0.1) is 6.61 Å². The first-order valence-electron chi connectivity index (χ1n) is 7.02. The van der Waals surface area contributed by atoms with E-state index in [1.54, 1.807) is 6.92 Å². The molecule has 1 aromatic rings. The first-order chi connectivity index (χ1) is 10.4. The van der Waals surface area contributed by atoms with Gasteiger partial charge in [-0.1, -0.05) is 57.3 Å². The lowest BCUT2D eigenvalue weighted by Gasteiger charge is -2.03. The molecule has 1 rings (SSSR count). The Morgan fingerprint density at radius 3 is 2.23 bits per heavy atom. The van der Waals surface area contributed by atoms with Crippen LogP contribution in [0.2, 0.25) is 0 Å². The zero-order valence-electron chi connectivity index (χ0n) is 13.5. The van der Waals surface area contributed by atoms with Crippen LogP contribution in [-0.2, 0) is 25.7 Å². The maximum Gasteiger partial charge on any atom is 0.333 e. The Morgan fingerprint density at radius 1 is 1.18 bits per heavy atom. The van der Waals surface area contributed by atoms with Gasteiger partial charge in [0, 0.05) is 11.6 Å². The minimum atomic E-state index is -0.344. The van der Waals surface area contributed by atoms with Gasteiger partial charge in [0.2, 0.25) is 0 Å². The van der Waals surface area contributed by atoms with Crippen molar-refractivity contribution in [2.24, 2.45) is 5.92 Å². The number of ether oxygens (including phenoxy) is 2. The maximum absolute atomic E-state index is 11.0. The highest BCUT2D eigenvalue weighted by Crippen LogP contribution is 2.02. The molecule has 22 heavy (non-hydrogen) atoms. The zero-order chi connectivity index (χ0) is 17.0. The fraction of sp³-hybridized carbons (Fsp3) is 0.333. The van der Waals surface area contributed by atoms with Gasteiger partial charge < -0.3 is 9.47 Å². The molecule has 0 amide bonds. The van der Waals surface area contributed by atoms with E-state index in [1.807, 2.05) is 44.2 Å². The van der Waals surface area contributed by atoms with Gasteiger partial charge in [0.1, 0.15) is 6.61 Å². The number of hydrogen-bond donors (Lipinski definition) is 0. The molecule has 0 spiro atoms. The van der Waals surface area contributed by atoms with Gasteiger partial charge in [-0.25, -0.2) is 9.59 Å². The van der Waals surface area contributed by atoms with Crippen LogP contribution in [0.5, 0.6) is 0 Å². The van der Waals surface area contributed by atoms with Gasteiger partial charge >= 0.3 is 11.9 Å². The van der Waals surface area contributed by atoms with Crippen molar-refractivity contribution in [2.75, 3.05) is 6.61 Å². The van der Waals surface area contributed by atoms with E-state index in [2.05, 4.69) is 13.2 Å². The van der Waals surface area contributed by atoms with Crippen LogP contribution >= 0.6 is 0 Å². The molecule has 0 aliphatic carbocycles. The molecule has 0 saturated carbocycles. The quantitative estimate of drug-likeness (QED) is 0.594. The number of esters is 2. The summed E-state index contributed by atoms with van der Waals surface area (Å²) >= 11 is 0. The van der Waals surface area contributed by atoms with Crippen LogP contribution in [0.4, 0.5) is 0 Å². The smallest absolute Gasteiger partial charge is 0.333 e. The molecule has 0 unspecified atom stereocenters. The van der Waals surface area contributed by atoms with E-state index >= 15 is 0 Å². The third-order valence-electron chi connectivity index (χ3n) is 2.29. The first-order valence-corrected chi connectivity index (χ1v) is 7.02. The molecule has 0 N–H and O–H groups in total. The summed E-state index contributed by atoms with van der Waals surface area (Å²) in [5, 5.41) is 0. The molecule has 0 heterocycles. The highest BCUT2D eigenvalue weighted by atomic mass is 16.5. The van der Waals surface area contributed by atoms with Gasteiger partial charge in [-0.05, 0) is 18.4 Å². The van der Waals surface area contributed by atoms with Gasteiger partial charge in [-0.15, -0.1) is 0 Å². The average Bonchev–Trinajstić information content (AvgIpc) is 2.51. The standard InChI is InChI=1S/C11H12O2.C7H12O2/c1-9(2)11(12)13-8-10-6-4-3-5-7-10;1-4-7(8)9-5-6(2)3/h3-7H,1,8H2,2H3;4,6H,1,5H2,2-3H3. The molecule has 0 radical (unpaired) electrons. The van der Waals surface area contributed by atoms with Crippen LogP contribution in [0.15, 0.2) is 55.1 Å². The van der Waals surface area contributed by atoms with Gasteiger partial charge in [0.25, 0.3) is 0 Å². The lowest BCUT2D eigenvalue weighted by molar-refractivity contribution is -0.140. The normalized spacial score (nSPS) is 9.27. The monoisotopic (exact) mass is 304 g/mol. The molecule has 0 saturated heterocycles. The van der Waals surface area contributed by atoms with E-state index < -0.39 is 0 Å². The van der Waals surface area contributed by atoms with E-state index in [-0.39, 0.29) is 11.9 Å². The molecule has 0 bridgehead atoms. The van der Waals surface area contributed by atoms with E-state index in [0.29, 0.717) is 24.7 Å². The molecule has 0 aliphatic heterocycles. The highest BCUT2D eigenvalue weighted by Gasteiger charge is 2.02. The van der Waals surface area contributed by atoms with Crippen molar-refractivity contribution in [3.05, 3.63) is 60.7 Å². The molecular weight excluding hydrogens is 280 g/mol. The van der Waals surface area contributed by atoms with E-state index in [1.165, 1.54) is 6.08 Å². The Hall–Kier alpha value is -2.36. The summed E-state index contributed by atoms with van der Waals surface area (Å²) in [6.45, 7) is 13.1. The molecule has 4 heteroatoms. The molecule has 0 atom stereocenters. The van der Waals surface area contributed by atoms with Crippen LogP contribution in [0.1, 0.15) is 26.3 Å². The molecule has 0 aliphatic rings. The summed E-state index contributed by atoms with van der Waals surface area (Å²) in [6, 6.07) is 9.55. The number of carbonyl (C=O) groups is 2. The third kappa shape index (κ3) is 10.4. The number of carbonyl (C=O) groups excluding carboxylic acids is 2. The Balaban J connectivity index is 0.000000433. The third-order valence-corrected chi connectivity index (χ3v) is 2.29. The van der Waals surface area contributed by atoms with Crippen molar-refractivity contribution in [1.82, 2.24) is 0 Å². The van der Waals surface area contributed by atoms with Crippen molar-refractivity contribution in [3.8, 4) is 0 Å². The van der Waals surface area contributed by atoms with Gasteiger partial charge in [-0.2, -0.15) is 0 Å². The average molecular weight is 304 g/mol. The van der Waals surface area contributed by atoms with Crippen molar-refractivity contribution in [1.29, 1.82) is 0 Å². The summed E-state index contributed by atoms with van der Waals surface area (Å²) in [6.07, 6.45) is 1.17. The minimum absolute atomic E-state index is 0.312. The van der Waals surface area contributed by atoms with Crippen molar-refractivity contribution >= 4 is 11.9 Å². The summed E-state index contributed by atoms with van der Waals surface area (Å²) in [5.41, 5.74) is 1.41. The molecular formula is C18H24O4. The zero-order valence-corrected chi connectivity index (χ0v) is 13.5. The van der Waals surface area contributed by atoms with Crippen LogP contribution in [-0.4, -0.2) is 18.5 Å². The largest absolute Gasteiger partial charge is 0.462 e. The van der Waals surface area contributed by atoms with E-state index in [0.717, 1.165) is 5.56 Å². The minimum Gasteiger partial charge on any atom is -0.462 e. The second-order valence-electron chi connectivity index (χ2n) is 5.07. The Morgan fingerprint density at radius 2 is 1.77 bits per heavy atom. The second-order valence-corrected chi connectivity index (χ2v) is 5.07. The van der Waals surface area contributed by atoms with Gasteiger partial charge in [0.15, 0.2) is 0 Å². The fourth-order valence-corrected chi connectivity index (χ4v) is 1.15. The number of hydrogen-bond acceptors (Lipinski definition) is 4. The number of rotatable bonds is 6. The summed E-state index contributed by atoms with van der Waals surface area (Å²) in [4.78, 5) is 21.4. The lowest BCUT2D eigenvalue weighted by Crippen LogP contribution is -2.06. The van der Waals surface area contributed by atoms with Crippen LogP contribution in [0.3, 0.4) is 0 Å². The highest BCUT2D eigenvalue weighted by molar-refractivity contribution is 5.86. The summed E-state index contributed by atoms with van der Waals surface area (Å²) < 4.78 is 9.65. The SMILES string of the molecule is C=C(C)C(=O)OCc1ccccc1.C=CC(=O)OCC(C)C. The Kier molecular flexibility index (Phi) is 10.1. The van der Waals surface area contributed by atoms with Crippen LogP contribution in [0, 0.1) is 5.92 Å². The van der Waals surface area contributed by atoms with Crippen molar-refractivity contribution in [2.45, 2.75) is 27.4 Å². The topological polar surface area (TPSA) is 52.6 Å². The maximum atomic E-state index is 11.0. The molecule has 0 aromatic heterocycles. The fourth-order valence-electron chi connectivity index (χ4n) is 1.15. The lowest BCUT2D eigenvalue weighted by atomic mass is 10.2. The van der Waals surface area contributed by atoms with E-state index in [4.69, 9.17) is 9.47 Å². The summed E-state index contributed by atoms with van der Waals surface area (Å²) in [5.74, 6) is -0.290. The molecule has 0 fully saturated rings. The van der Waals surface area contributed by atoms with Gasteiger partial charge in [-0.3, -0.25) is 0 Å². The Labute approximate surface area is 132 Å².